The molecule has 5 rings (SSSR count). The van der Waals surface area contributed by atoms with Crippen LogP contribution in [0.1, 0.15) is 56.4 Å². The second-order valence-corrected chi connectivity index (χ2v) is 8.07. The summed E-state index contributed by atoms with van der Waals surface area (Å²) in [4.78, 5) is 13.9. The average Bonchev–Trinajstić information content (AvgIpc) is 3.09. The van der Waals surface area contributed by atoms with Crippen LogP contribution in [0.4, 0.5) is 5.95 Å². The number of hydrogen-bond donors (Lipinski definition) is 2. The molecule has 0 aromatic carbocycles. The molecule has 2 fully saturated rings. The lowest BCUT2D eigenvalue weighted by Crippen LogP contribution is -2.30. The first-order valence-corrected chi connectivity index (χ1v) is 10.4. The van der Waals surface area contributed by atoms with Gasteiger partial charge in [-0.15, -0.1) is 0 Å². The van der Waals surface area contributed by atoms with Gasteiger partial charge >= 0.3 is 0 Å². The Hall–Kier alpha value is -2.54. The minimum atomic E-state index is -0.222. The number of fused-ring (bicyclic) bond motifs is 1. The van der Waals surface area contributed by atoms with Gasteiger partial charge in [-0.1, -0.05) is 19.3 Å². The molecule has 28 heavy (non-hydrogen) atoms. The van der Waals surface area contributed by atoms with Crippen LogP contribution in [0.5, 0.6) is 0 Å². The summed E-state index contributed by atoms with van der Waals surface area (Å²) in [6, 6.07) is 3.83. The molecule has 0 unspecified atom stereocenters. The number of anilines is 1. The van der Waals surface area contributed by atoms with Gasteiger partial charge in [0, 0.05) is 30.4 Å². The summed E-state index contributed by atoms with van der Waals surface area (Å²) in [5.74, 6) is 1.45. The van der Waals surface area contributed by atoms with Gasteiger partial charge in [0.05, 0.1) is 23.7 Å². The Labute approximate surface area is 164 Å². The van der Waals surface area contributed by atoms with E-state index in [-0.39, 0.29) is 12.0 Å². The molecule has 2 atom stereocenters. The van der Waals surface area contributed by atoms with E-state index in [1.165, 1.54) is 31.2 Å². The number of aliphatic hydroxyl groups is 1. The summed E-state index contributed by atoms with van der Waals surface area (Å²) in [6.07, 6.45) is 13.4. The van der Waals surface area contributed by atoms with Crippen molar-refractivity contribution in [3.8, 4) is 11.4 Å². The van der Waals surface area contributed by atoms with Crippen molar-refractivity contribution in [1.82, 2.24) is 24.6 Å². The molecule has 0 bridgehead atoms. The molecule has 0 amide bonds. The lowest BCUT2D eigenvalue weighted by atomic mass is 9.81. The highest BCUT2D eigenvalue weighted by atomic mass is 16.3. The highest BCUT2D eigenvalue weighted by Gasteiger charge is 2.24. The van der Waals surface area contributed by atoms with Gasteiger partial charge in [0.15, 0.2) is 5.65 Å². The van der Waals surface area contributed by atoms with E-state index >= 15 is 0 Å². The zero-order valence-corrected chi connectivity index (χ0v) is 16.0. The smallest absolute Gasteiger partial charge is 0.223 e. The van der Waals surface area contributed by atoms with Crippen LogP contribution in [0.15, 0.2) is 30.7 Å². The maximum atomic E-state index is 10.2. The van der Waals surface area contributed by atoms with Gasteiger partial charge in [0.2, 0.25) is 5.95 Å². The fourth-order valence-electron chi connectivity index (χ4n) is 4.27. The van der Waals surface area contributed by atoms with E-state index in [1.807, 2.05) is 29.0 Å². The highest BCUT2D eigenvalue weighted by molar-refractivity contribution is 5.60. The van der Waals surface area contributed by atoms with Gasteiger partial charge < -0.3 is 10.4 Å². The van der Waals surface area contributed by atoms with Gasteiger partial charge in [0.25, 0.3) is 0 Å². The second-order valence-electron chi connectivity index (χ2n) is 8.07. The molecule has 0 saturated heterocycles. The Morgan fingerprint density at radius 1 is 1.04 bits per heavy atom. The van der Waals surface area contributed by atoms with E-state index in [4.69, 9.17) is 4.98 Å². The number of hydrogen-bond acceptors (Lipinski definition) is 6. The first-order valence-electron chi connectivity index (χ1n) is 10.4. The summed E-state index contributed by atoms with van der Waals surface area (Å²) < 4.78 is 1.85. The van der Waals surface area contributed by atoms with Gasteiger partial charge in [-0.3, -0.25) is 0 Å². The molecule has 7 heteroatoms. The van der Waals surface area contributed by atoms with Crippen LogP contribution in [-0.2, 0) is 0 Å². The van der Waals surface area contributed by atoms with Crippen molar-refractivity contribution in [2.45, 2.75) is 57.0 Å². The molecular formula is C21H26N6O. The van der Waals surface area contributed by atoms with Crippen LogP contribution in [0, 0.1) is 5.92 Å². The molecular weight excluding hydrogens is 352 g/mol. The first-order chi connectivity index (χ1) is 13.8. The molecule has 146 valence electrons. The number of nitrogens with zero attached hydrogens (tertiary/aromatic N) is 5. The number of aliphatic hydroxyl groups excluding tert-OH is 1. The predicted octanol–water partition coefficient (Wildman–Crippen LogP) is 3.42. The molecule has 0 aliphatic heterocycles. The fourth-order valence-corrected chi connectivity index (χ4v) is 4.27. The molecule has 7 nitrogen and oxygen atoms in total. The molecule has 3 aromatic heterocycles. The van der Waals surface area contributed by atoms with Crippen LogP contribution in [0.3, 0.4) is 0 Å². The van der Waals surface area contributed by atoms with Crippen molar-refractivity contribution in [1.29, 1.82) is 0 Å². The highest BCUT2D eigenvalue weighted by Crippen LogP contribution is 2.38. The zero-order chi connectivity index (χ0) is 18.9. The molecule has 2 saturated carbocycles. The fraction of sp³-hybridized carbons (Fsp3) is 0.524. The third kappa shape index (κ3) is 3.35. The lowest BCUT2D eigenvalue weighted by molar-refractivity contribution is 0.0762. The topological polar surface area (TPSA) is 88.2 Å². The minimum Gasteiger partial charge on any atom is -0.393 e. The van der Waals surface area contributed by atoms with Gasteiger partial charge in [0.1, 0.15) is 0 Å². The maximum Gasteiger partial charge on any atom is 0.223 e. The average molecular weight is 378 g/mol. The van der Waals surface area contributed by atoms with Crippen molar-refractivity contribution in [2.24, 2.45) is 5.92 Å². The van der Waals surface area contributed by atoms with Crippen LogP contribution in [-0.4, -0.2) is 42.3 Å². The van der Waals surface area contributed by atoms with Crippen molar-refractivity contribution in [3.05, 3.63) is 36.3 Å². The molecule has 2 N–H and O–H groups in total. The summed E-state index contributed by atoms with van der Waals surface area (Å²) in [5.41, 5.74) is 3.80. The van der Waals surface area contributed by atoms with E-state index in [2.05, 4.69) is 20.4 Å². The third-order valence-corrected chi connectivity index (χ3v) is 6.25. The van der Waals surface area contributed by atoms with E-state index < -0.39 is 0 Å². The Balaban J connectivity index is 1.36. The summed E-state index contributed by atoms with van der Waals surface area (Å²) in [7, 11) is 0. The SMILES string of the molecule is O[C@@H]1CCCC[C@H]1CNc1nccc(-c2ccn3ncc(C4CCC4)c3n2)n1. The van der Waals surface area contributed by atoms with Gasteiger partial charge in [-0.05, 0) is 43.7 Å². The van der Waals surface area contributed by atoms with E-state index in [0.29, 0.717) is 18.4 Å². The van der Waals surface area contributed by atoms with Crippen LogP contribution in [0.25, 0.3) is 17.0 Å². The van der Waals surface area contributed by atoms with Gasteiger partial charge in [-0.2, -0.15) is 5.10 Å². The van der Waals surface area contributed by atoms with Crippen LogP contribution in [0.2, 0.25) is 0 Å². The Kier molecular flexibility index (Phi) is 4.68. The maximum absolute atomic E-state index is 10.2. The Bertz CT molecular complexity index is 966. The second kappa shape index (κ2) is 7.47. The molecule has 2 aliphatic carbocycles. The number of aromatic nitrogens is 5. The predicted molar refractivity (Wildman–Crippen MR) is 107 cm³/mol. The molecule has 3 aromatic rings. The van der Waals surface area contributed by atoms with E-state index in [1.54, 1.807) is 6.20 Å². The summed E-state index contributed by atoms with van der Waals surface area (Å²) >= 11 is 0. The molecule has 2 aliphatic rings. The Morgan fingerprint density at radius 3 is 2.71 bits per heavy atom. The number of rotatable bonds is 5. The van der Waals surface area contributed by atoms with Crippen LogP contribution >= 0.6 is 0 Å². The van der Waals surface area contributed by atoms with Crippen molar-refractivity contribution < 1.29 is 5.11 Å². The van der Waals surface area contributed by atoms with Crippen molar-refractivity contribution in [2.75, 3.05) is 11.9 Å². The monoisotopic (exact) mass is 378 g/mol. The first kappa shape index (κ1) is 17.6. The summed E-state index contributed by atoms with van der Waals surface area (Å²) in [6.45, 7) is 0.700. The standard InChI is InChI=1S/C21H26N6O/c28-19-7-2-1-4-15(19)12-23-21-22-10-8-17(26-21)18-9-11-27-20(25-18)16(13-24-27)14-5-3-6-14/h8-11,13-15,19,28H,1-7,12H2,(H,22,23,26)/t15-,19+/m0/s1. The third-order valence-electron chi connectivity index (χ3n) is 6.25. The van der Waals surface area contributed by atoms with Crippen molar-refractivity contribution >= 4 is 11.6 Å². The largest absolute Gasteiger partial charge is 0.393 e. The molecule has 0 spiro atoms. The van der Waals surface area contributed by atoms with E-state index in [9.17, 15) is 5.11 Å². The van der Waals surface area contributed by atoms with E-state index in [0.717, 1.165) is 36.3 Å². The molecule has 3 heterocycles. The molecule has 0 radical (unpaired) electrons. The van der Waals surface area contributed by atoms with Gasteiger partial charge in [-0.25, -0.2) is 19.5 Å². The minimum absolute atomic E-state index is 0.222. The van der Waals surface area contributed by atoms with Crippen molar-refractivity contribution in [3.63, 3.8) is 0 Å². The zero-order valence-electron chi connectivity index (χ0n) is 16.0. The normalized spacial score (nSPS) is 22.9. The Morgan fingerprint density at radius 2 is 1.89 bits per heavy atom. The van der Waals surface area contributed by atoms with Crippen LogP contribution < -0.4 is 5.32 Å². The summed E-state index contributed by atoms with van der Waals surface area (Å²) in [5, 5.41) is 17.9. The quantitative estimate of drug-likeness (QED) is 0.707. The number of nitrogens with one attached hydrogen (secondary N) is 1. The lowest BCUT2D eigenvalue weighted by Gasteiger charge is -2.27.